The first-order valence-corrected chi connectivity index (χ1v) is 5.13. The normalized spacial score (nSPS) is 20.6. The van der Waals surface area contributed by atoms with Crippen molar-refractivity contribution in [3.05, 3.63) is 0 Å². The number of nitrogens with zero attached hydrogens (tertiary/aromatic N) is 2. The average Bonchev–Trinajstić information content (AvgIpc) is 2.32. The van der Waals surface area contributed by atoms with Crippen molar-refractivity contribution >= 4 is 44.0 Å². The van der Waals surface area contributed by atoms with Crippen LogP contribution in [0.25, 0.3) is 0 Å². The minimum Gasteiger partial charge on any atom is -0.302 e. The third kappa shape index (κ3) is 1.64. The molecule has 0 aromatic heterocycles. The van der Waals surface area contributed by atoms with Crippen LogP contribution in [0.1, 0.15) is 13.3 Å². The number of hydrogen-bond acceptors (Lipinski definition) is 2. The predicted octanol–water partition coefficient (Wildman–Crippen LogP) is 1.69. The molecule has 4 nitrogen and oxygen atoms in total. The van der Waals surface area contributed by atoms with Crippen LogP contribution in [0.4, 0.5) is 4.79 Å². The highest BCUT2D eigenvalue weighted by Crippen LogP contribution is 2.21. The average molecular weight is 300 g/mol. The smallest absolute Gasteiger partial charge is 0.302 e. The Labute approximate surface area is 87.3 Å². The van der Waals surface area contributed by atoms with Gasteiger partial charge in [0.2, 0.25) is 0 Å². The fourth-order valence-electron chi connectivity index (χ4n) is 0.934. The lowest BCUT2D eigenvalue weighted by atomic mass is 10.4. The van der Waals surface area contributed by atoms with Crippen molar-refractivity contribution in [3.8, 4) is 0 Å². The van der Waals surface area contributed by atoms with Gasteiger partial charge in [0.15, 0.2) is 0 Å². The molecule has 6 heteroatoms. The van der Waals surface area contributed by atoms with Gasteiger partial charge >= 0.3 is 6.03 Å². The molecule has 0 N–H and O–H groups in total. The first-order valence-electron chi connectivity index (χ1n) is 3.51. The first-order chi connectivity index (χ1) is 5.57. The third-order valence-electron chi connectivity index (χ3n) is 1.61. The minimum atomic E-state index is -0.302. The molecule has 1 unspecified atom stereocenters. The standard InChI is InChI=1S/C6H8Br2N2O2/c1-2-4(7)9-3-5(11)10(8)6(9)12/h4H,2-3H2,1H3. The Morgan fingerprint density at radius 2 is 2.17 bits per heavy atom. The van der Waals surface area contributed by atoms with E-state index in [-0.39, 0.29) is 23.4 Å². The van der Waals surface area contributed by atoms with Gasteiger partial charge in [-0.2, -0.15) is 3.93 Å². The van der Waals surface area contributed by atoms with E-state index in [4.69, 9.17) is 0 Å². The first kappa shape index (κ1) is 9.98. The van der Waals surface area contributed by atoms with Gasteiger partial charge in [-0.15, -0.1) is 0 Å². The molecule has 0 radical (unpaired) electrons. The van der Waals surface area contributed by atoms with Crippen LogP contribution in [0.5, 0.6) is 0 Å². The largest absolute Gasteiger partial charge is 0.338 e. The molecule has 0 saturated carbocycles. The molecule has 1 heterocycles. The zero-order chi connectivity index (χ0) is 9.30. The molecule has 0 aromatic carbocycles. The molecule has 1 aliphatic rings. The number of alkyl halides is 1. The number of hydrogen-bond donors (Lipinski definition) is 0. The van der Waals surface area contributed by atoms with Gasteiger partial charge in [-0.1, -0.05) is 22.9 Å². The quantitative estimate of drug-likeness (QED) is 0.337. The Hall–Kier alpha value is -0.100. The van der Waals surface area contributed by atoms with Gasteiger partial charge < -0.3 is 4.90 Å². The van der Waals surface area contributed by atoms with Gasteiger partial charge in [0, 0.05) is 0 Å². The molecule has 1 atom stereocenters. The van der Waals surface area contributed by atoms with E-state index < -0.39 is 0 Å². The number of amides is 3. The van der Waals surface area contributed by atoms with Crippen LogP contribution in [-0.4, -0.2) is 32.3 Å². The summed E-state index contributed by atoms with van der Waals surface area (Å²) in [6, 6.07) is -0.302. The molecule has 1 saturated heterocycles. The zero-order valence-corrected chi connectivity index (χ0v) is 9.63. The highest BCUT2D eigenvalue weighted by Gasteiger charge is 2.37. The maximum atomic E-state index is 11.3. The van der Waals surface area contributed by atoms with Gasteiger partial charge in [-0.25, -0.2) is 4.79 Å². The lowest BCUT2D eigenvalue weighted by Gasteiger charge is -2.18. The molecule has 0 bridgehead atoms. The summed E-state index contributed by atoms with van der Waals surface area (Å²) in [5.41, 5.74) is 0. The second kappa shape index (κ2) is 3.74. The predicted molar refractivity (Wildman–Crippen MR) is 50.9 cm³/mol. The van der Waals surface area contributed by atoms with Crippen molar-refractivity contribution in [2.24, 2.45) is 0 Å². The van der Waals surface area contributed by atoms with Gasteiger partial charge in [-0.3, -0.25) is 4.79 Å². The van der Waals surface area contributed by atoms with Crippen molar-refractivity contribution in [3.63, 3.8) is 0 Å². The monoisotopic (exact) mass is 298 g/mol. The minimum absolute atomic E-state index is 0.0588. The lowest BCUT2D eigenvalue weighted by Crippen LogP contribution is -2.33. The Morgan fingerprint density at radius 1 is 1.58 bits per heavy atom. The van der Waals surface area contributed by atoms with Crippen molar-refractivity contribution < 1.29 is 9.59 Å². The van der Waals surface area contributed by atoms with E-state index in [9.17, 15) is 9.59 Å². The number of carbonyl (C=O) groups excluding carboxylic acids is 2. The van der Waals surface area contributed by atoms with E-state index in [1.165, 1.54) is 4.90 Å². The van der Waals surface area contributed by atoms with Crippen molar-refractivity contribution in [2.45, 2.75) is 18.3 Å². The maximum Gasteiger partial charge on any atom is 0.338 e. The van der Waals surface area contributed by atoms with Crippen molar-refractivity contribution in [1.29, 1.82) is 0 Å². The van der Waals surface area contributed by atoms with Crippen LogP contribution in [-0.2, 0) is 4.79 Å². The van der Waals surface area contributed by atoms with Gasteiger partial charge in [0.25, 0.3) is 5.91 Å². The Bertz CT molecular complexity index is 222. The van der Waals surface area contributed by atoms with Crippen LogP contribution in [0, 0.1) is 0 Å². The number of carbonyl (C=O) groups is 2. The van der Waals surface area contributed by atoms with Crippen LogP contribution >= 0.6 is 32.1 Å². The van der Waals surface area contributed by atoms with Crippen LogP contribution < -0.4 is 0 Å². The lowest BCUT2D eigenvalue weighted by molar-refractivity contribution is -0.121. The summed E-state index contributed by atoms with van der Waals surface area (Å²) >= 11 is 6.18. The number of urea groups is 1. The molecule has 0 aromatic rings. The second-order valence-corrected chi connectivity index (χ2v) is 4.19. The fraction of sp³-hybridized carbons (Fsp3) is 0.667. The summed E-state index contributed by atoms with van der Waals surface area (Å²) in [6.07, 6.45) is 0.778. The van der Waals surface area contributed by atoms with Crippen molar-refractivity contribution in [2.75, 3.05) is 6.54 Å². The zero-order valence-electron chi connectivity index (χ0n) is 6.46. The molecule has 12 heavy (non-hydrogen) atoms. The fourth-order valence-corrected chi connectivity index (χ4v) is 1.57. The molecular weight excluding hydrogens is 292 g/mol. The van der Waals surface area contributed by atoms with Crippen LogP contribution in [0.2, 0.25) is 0 Å². The molecule has 0 spiro atoms. The molecule has 1 fully saturated rings. The summed E-state index contributed by atoms with van der Waals surface area (Å²) in [5, 5.41) is 0. The molecule has 1 aliphatic heterocycles. The Kier molecular flexibility index (Phi) is 3.11. The van der Waals surface area contributed by atoms with Crippen molar-refractivity contribution in [1.82, 2.24) is 8.83 Å². The molecular formula is C6H8Br2N2O2. The molecule has 68 valence electrons. The van der Waals surface area contributed by atoms with E-state index in [0.29, 0.717) is 0 Å². The number of imide groups is 1. The summed E-state index contributed by atoms with van der Waals surface area (Å²) < 4.78 is 0.955. The molecule has 1 rings (SSSR count). The van der Waals surface area contributed by atoms with Gasteiger partial charge in [0.1, 0.15) is 6.54 Å². The maximum absolute atomic E-state index is 11.3. The van der Waals surface area contributed by atoms with Gasteiger partial charge in [-0.05, 0) is 6.42 Å². The van der Waals surface area contributed by atoms with E-state index in [2.05, 4.69) is 32.1 Å². The Balaban J connectivity index is 2.71. The van der Waals surface area contributed by atoms with E-state index in [0.717, 1.165) is 10.3 Å². The molecule has 3 amide bonds. The van der Waals surface area contributed by atoms with Crippen LogP contribution in [0.3, 0.4) is 0 Å². The highest BCUT2D eigenvalue weighted by atomic mass is 79.9. The van der Waals surface area contributed by atoms with Crippen LogP contribution in [0.15, 0.2) is 0 Å². The highest BCUT2D eigenvalue weighted by molar-refractivity contribution is 9.09. The third-order valence-corrected chi connectivity index (χ3v) is 3.45. The van der Waals surface area contributed by atoms with E-state index in [1.54, 1.807) is 0 Å². The molecule has 0 aliphatic carbocycles. The number of rotatable bonds is 2. The summed E-state index contributed by atoms with van der Waals surface area (Å²) in [5.74, 6) is -0.224. The van der Waals surface area contributed by atoms with E-state index in [1.807, 2.05) is 6.92 Å². The summed E-state index contributed by atoms with van der Waals surface area (Å²) in [6.45, 7) is 2.09. The second-order valence-electron chi connectivity index (χ2n) is 2.43. The number of halogens is 2. The van der Waals surface area contributed by atoms with Gasteiger partial charge in [0.05, 0.1) is 21.1 Å². The van der Waals surface area contributed by atoms with E-state index >= 15 is 0 Å². The summed E-state index contributed by atoms with van der Waals surface area (Å²) in [7, 11) is 0. The topological polar surface area (TPSA) is 40.6 Å². The Morgan fingerprint density at radius 3 is 2.50 bits per heavy atom. The summed E-state index contributed by atoms with van der Waals surface area (Å²) in [4.78, 5) is 23.7. The SMILES string of the molecule is CCC(Br)N1CC(=O)N(Br)C1=O.